The van der Waals surface area contributed by atoms with Gasteiger partial charge in [-0.25, -0.2) is 9.78 Å². The predicted octanol–water partition coefficient (Wildman–Crippen LogP) is 1.24. The second kappa shape index (κ2) is 9.15. The van der Waals surface area contributed by atoms with E-state index in [0.717, 1.165) is 0 Å². The van der Waals surface area contributed by atoms with Crippen LogP contribution < -0.4 is 10.6 Å². The summed E-state index contributed by atoms with van der Waals surface area (Å²) in [5.41, 5.74) is 6.15. The highest BCUT2D eigenvalue weighted by Crippen LogP contribution is 2.23. The van der Waals surface area contributed by atoms with Crippen molar-refractivity contribution in [3.8, 4) is 0 Å². The first-order chi connectivity index (χ1) is 10.1. The molecule has 0 fully saturated rings. The topological polar surface area (TPSA) is 97.9 Å². The van der Waals surface area contributed by atoms with Crippen molar-refractivity contribution >= 4 is 17.5 Å². The molecule has 0 atom stereocenters. The second-order valence-electron chi connectivity index (χ2n) is 4.28. The fourth-order valence-electron chi connectivity index (χ4n) is 1.86. The smallest absolute Gasteiger partial charge is 0.337 e. The van der Waals surface area contributed by atoms with Crippen molar-refractivity contribution in [3.63, 3.8) is 0 Å². The highest BCUT2D eigenvalue weighted by Gasteiger charge is 2.17. The third kappa shape index (κ3) is 5.20. The molecule has 1 aromatic rings. The van der Waals surface area contributed by atoms with Gasteiger partial charge < -0.3 is 25.2 Å². The highest BCUT2D eigenvalue weighted by molar-refractivity contribution is 5.96. The zero-order chi connectivity index (χ0) is 15.7. The zero-order valence-corrected chi connectivity index (χ0v) is 12.5. The normalized spacial score (nSPS) is 10.6. The second-order valence-corrected chi connectivity index (χ2v) is 4.28. The number of carbonyl (C=O) groups is 1. The van der Waals surface area contributed by atoms with Gasteiger partial charge in [0.2, 0.25) is 0 Å². The number of nitrogens with zero attached hydrogens (tertiary/aromatic N) is 2. The number of carboxylic acid groups (broad SMARTS) is 1. The van der Waals surface area contributed by atoms with Crippen LogP contribution in [0.25, 0.3) is 0 Å². The minimum absolute atomic E-state index is 0.0535. The quantitative estimate of drug-likeness (QED) is 0.627. The molecule has 0 aliphatic carbocycles. The molecule has 0 spiro atoms. The van der Waals surface area contributed by atoms with Crippen LogP contribution in [0.1, 0.15) is 24.2 Å². The first-order valence-electron chi connectivity index (χ1n) is 7.00. The molecular weight excluding hydrogens is 274 g/mol. The Balaban J connectivity index is 2.89. The molecule has 0 amide bonds. The van der Waals surface area contributed by atoms with Crippen LogP contribution in [0.3, 0.4) is 0 Å². The Bertz CT molecular complexity index is 444. The lowest BCUT2D eigenvalue weighted by Crippen LogP contribution is -2.32. The van der Waals surface area contributed by atoms with E-state index in [1.165, 1.54) is 12.3 Å². The van der Waals surface area contributed by atoms with Crippen molar-refractivity contribution in [2.75, 3.05) is 50.2 Å². The number of hydrogen-bond donors (Lipinski definition) is 2. The number of ether oxygens (including phenoxy) is 2. The van der Waals surface area contributed by atoms with E-state index in [2.05, 4.69) is 4.98 Å². The van der Waals surface area contributed by atoms with Crippen LogP contribution in [0.4, 0.5) is 11.5 Å². The van der Waals surface area contributed by atoms with Crippen LogP contribution in [0.15, 0.2) is 12.3 Å². The minimum atomic E-state index is -1.06. The summed E-state index contributed by atoms with van der Waals surface area (Å²) in [6.45, 7) is 7.25. The van der Waals surface area contributed by atoms with Gasteiger partial charge in [-0.15, -0.1) is 0 Å². The average molecular weight is 297 g/mol. The van der Waals surface area contributed by atoms with Crippen LogP contribution in [-0.4, -0.2) is 55.6 Å². The number of pyridine rings is 1. The van der Waals surface area contributed by atoms with Gasteiger partial charge in [0.1, 0.15) is 0 Å². The molecule has 1 rings (SSSR count). The number of aromatic nitrogens is 1. The molecule has 0 aromatic carbocycles. The number of hydrogen-bond acceptors (Lipinski definition) is 6. The van der Waals surface area contributed by atoms with E-state index in [-0.39, 0.29) is 11.3 Å². The number of aromatic carboxylic acids is 1. The fraction of sp³-hybridized carbons (Fsp3) is 0.571. The fourth-order valence-corrected chi connectivity index (χ4v) is 1.86. The van der Waals surface area contributed by atoms with Crippen LogP contribution >= 0.6 is 0 Å². The van der Waals surface area contributed by atoms with Crippen molar-refractivity contribution in [2.45, 2.75) is 13.8 Å². The molecule has 0 aliphatic rings. The van der Waals surface area contributed by atoms with E-state index in [1.807, 2.05) is 18.7 Å². The molecule has 3 N–H and O–H groups in total. The van der Waals surface area contributed by atoms with Gasteiger partial charge in [-0.1, -0.05) is 0 Å². The highest BCUT2D eigenvalue weighted by atomic mass is 16.5. The Kier molecular flexibility index (Phi) is 7.49. The van der Waals surface area contributed by atoms with Crippen LogP contribution in [0, 0.1) is 0 Å². The summed E-state index contributed by atoms with van der Waals surface area (Å²) in [5.74, 6) is -0.611. The van der Waals surface area contributed by atoms with E-state index >= 15 is 0 Å². The van der Waals surface area contributed by atoms with E-state index in [0.29, 0.717) is 45.3 Å². The first-order valence-corrected chi connectivity index (χ1v) is 7.00. The van der Waals surface area contributed by atoms with Gasteiger partial charge in [-0.3, -0.25) is 0 Å². The summed E-state index contributed by atoms with van der Waals surface area (Å²) in [4.78, 5) is 17.2. The predicted molar refractivity (Wildman–Crippen MR) is 80.8 cm³/mol. The maximum atomic E-state index is 11.1. The molecule has 1 heterocycles. The van der Waals surface area contributed by atoms with Crippen molar-refractivity contribution in [3.05, 3.63) is 17.8 Å². The van der Waals surface area contributed by atoms with Gasteiger partial charge in [0.05, 0.1) is 24.5 Å². The summed E-state index contributed by atoms with van der Waals surface area (Å²) < 4.78 is 10.7. The lowest BCUT2D eigenvalue weighted by atomic mass is 10.2. The summed E-state index contributed by atoms with van der Waals surface area (Å²) in [5, 5.41) is 9.12. The molecule has 0 bridgehead atoms. The van der Waals surface area contributed by atoms with Gasteiger partial charge in [-0.2, -0.15) is 0 Å². The van der Waals surface area contributed by atoms with Gasteiger partial charge in [-0.05, 0) is 19.9 Å². The van der Waals surface area contributed by atoms with Crippen molar-refractivity contribution < 1.29 is 19.4 Å². The third-order valence-corrected chi connectivity index (χ3v) is 2.92. The standard InChI is InChI=1S/C14H23N3O4/c1-3-20-9-7-17(8-10-21-4-2)13-12(15)11(14(18)19)5-6-16-13/h5-6H,3-4,7-10,15H2,1-2H3,(H,18,19). The Morgan fingerprint density at radius 3 is 2.33 bits per heavy atom. The molecule has 21 heavy (non-hydrogen) atoms. The lowest BCUT2D eigenvalue weighted by molar-refractivity contribution is 0.0698. The summed E-state index contributed by atoms with van der Waals surface area (Å²) in [7, 11) is 0. The Morgan fingerprint density at radius 1 is 1.29 bits per heavy atom. The molecular formula is C14H23N3O4. The summed E-state index contributed by atoms with van der Waals surface area (Å²) >= 11 is 0. The minimum Gasteiger partial charge on any atom is -0.478 e. The van der Waals surface area contributed by atoms with Crippen molar-refractivity contribution in [1.29, 1.82) is 0 Å². The maximum absolute atomic E-state index is 11.1. The zero-order valence-electron chi connectivity index (χ0n) is 12.5. The summed E-state index contributed by atoms with van der Waals surface area (Å²) in [6.07, 6.45) is 1.45. The molecule has 7 heteroatoms. The Labute approximate surface area is 124 Å². The van der Waals surface area contributed by atoms with Gasteiger partial charge in [0, 0.05) is 32.5 Å². The Morgan fingerprint density at radius 2 is 1.86 bits per heavy atom. The van der Waals surface area contributed by atoms with Gasteiger partial charge >= 0.3 is 5.97 Å². The van der Waals surface area contributed by atoms with Gasteiger partial charge in [0.15, 0.2) is 5.82 Å². The largest absolute Gasteiger partial charge is 0.478 e. The van der Waals surface area contributed by atoms with Crippen molar-refractivity contribution in [1.82, 2.24) is 4.98 Å². The van der Waals surface area contributed by atoms with Gasteiger partial charge in [0.25, 0.3) is 0 Å². The van der Waals surface area contributed by atoms with Crippen LogP contribution in [-0.2, 0) is 9.47 Å². The van der Waals surface area contributed by atoms with E-state index in [9.17, 15) is 4.79 Å². The van der Waals surface area contributed by atoms with E-state index in [4.69, 9.17) is 20.3 Å². The number of anilines is 2. The molecule has 0 saturated heterocycles. The molecule has 0 radical (unpaired) electrons. The van der Waals surface area contributed by atoms with E-state index < -0.39 is 5.97 Å². The third-order valence-electron chi connectivity index (χ3n) is 2.92. The van der Waals surface area contributed by atoms with E-state index in [1.54, 1.807) is 0 Å². The molecule has 7 nitrogen and oxygen atoms in total. The number of carboxylic acids is 1. The first kappa shape index (κ1) is 17.2. The van der Waals surface area contributed by atoms with Crippen LogP contribution in [0.2, 0.25) is 0 Å². The SMILES string of the molecule is CCOCCN(CCOCC)c1nccc(C(=O)O)c1N. The Hall–Kier alpha value is -1.86. The average Bonchev–Trinajstić information content (AvgIpc) is 2.46. The molecule has 0 saturated carbocycles. The molecule has 0 aliphatic heterocycles. The molecule has 1 aromatic heterocycles. The number of nitrogens with two attached hydrogens (primary N) is 1. The maximum Gasteiger partial charge on any atom is 0.337 e. The van der Waals surface area contributed by atoms with Crippen LogP contribution in [0.5, 0.6) is 0 Å². The summed E-state index contributed by atoms with van der Waals surface area (Å²) in [6, 6.07) is 1.39. The van der Waals surface area contributed by atoms with Crippen molar-refractivity contribution in [2.24, 2.45) is 0 Å². The number of nitrogen functional groups attached to an aromatic ring is 1. The monoisotopic (exact) mass is 297 g/mol. The molecule has 118 valence electrons. The number of rotatable bonds is 10. The lowest BCUT2D eigenvalue weighted by Gasteiger charge is -2.25. The molecule has 0 unspecified atom stereocenters.